The Kier molecular flexibility index (Phi) is 6.16. The number of rotatable bonds is 5. The second kappa shape index (κ2) is 9.14. The van der Waals surface area contributed by atoms with E-state index in [0.29, 0.717) is 23.0 Å². The van der Waals surface area contributed by atoms with E-state index in [1.165, 1.54) is 0 Å². The lowest BCUT2D eigenvalue weighted by atomic mass is 9.96. The van der Waals surface area contributed by atoms with E-state index in [9.17, 15) is 18.0 Å². The van der Waals surface area contributed by atoms with Gasteiger partial charge < -0.3 is 16.0 Å². The van der Waals surface area contributed by atoms with Crippen molar-refractivity contribution in [3.05, 3.63) is 52.4 Å². The number of fused-ring (bicyclic) bond motifs is 1. The second-order valence-corrected chi connectivity index (χ2v) is 9.63. The van der Waals surface area contributed by atoms with Gasteiger partial charge in [-0.25, -0.2) is 4.98 Å². The summed E-state index contributed by atoms with van der Waals surface area (Å²) in [6, 6.07) is 8.95. The van der Waals surface area contributed by atoms with Crippen LogP contribution in [0, 0.1) is 18.8 Å². The van der Waals surface area contributed by atoms with Gasteiger partial charge in [0.25, 0.3) is 5.56 Å². The molecule has 2 aliphatic rings. The number of nitrogens with two attached hydrogens (primary N) is 1. The Hall–Kier alpha value is -3.14. The Bertz CT molecular complexity index is 1270. The summed E-state index contributed by atoms with van der Waals surface area (Å²) in [7, 11) is 0. The van der Waals surface area contributed by atoms with Crippen molar-refractivity contribution < 1.29 is 13.2 Å². The van der Waals surface area contributed by atoms with Crippen molar-refractivity contribution in [2.24, 2.45) is 17.6 Å². The average molecular weight is 487 g/mol. The van der Waals surface area contributed by atoms with E-state index in [4.69, 9.17) is 5.73 Å². The summed E-state index contributed by atoms with van der Waals surface area (Å²) < 4.78 is 41.9. The quantitative estimate of drug-likeness (QED) is 0.551. The predicted molar refractivity (Wildman–Crippen MR) is 130 cm³/mol. The summed E-state index contributed by atoms with van der Waals surface area (Å²) in [5.41, 5.74) is 8.45. The fraction of sp³-hybridized carbons (Fsp3) is 0.480. The molecule has 1 saturated carbocycles. The summed E-state index contributed by atoms with van der Waals surface area (Å²) in [4.78, 5) is 23.7. The second-order valence-electron chi connectivity index (χ2n) is 9.63. The number of nitrogens with zero attached hydrogens (tertiary/aromatic N) is 4. The molecular weight excluding hydrogens is 457 g/mol. The van der Waals surface area contributed by atoms with Crippen molar-refractivity contribution in [3.8, 4) is 0 Å². The SMILES string of the molecule is Cc1cc(=O)n(C2CCCC2)c2nc(Nc3ccc(N4CC(CN)C(C(F)(F)F)C4)cc3)ncc12. The van der Waals surface area contributed by atoms with E-state index in [1.54, 1.807) is 46.0 Å². The van der Waals surface area contributed by atoms with Crippen LogP contribution in [0.5, 0.6) is 0 Å². The van der Waals surface area contributed by atoms with E-state index >= 15 is 0 Å². The molecule has 2 fully saturated rings. The summed E-state index contributed by atoms with van der Waals surface area (Å²) in [6.45, 7) is 2.07. The van der Waals surface area contributed by atoms with Crippen molar-refractivity contribution in [1.29, 1.82) is 0 Å². The number of nitrogens with one attached hydrogen (secondary N) is 1. The first-order valence-corrected chi connectivity index (χ1v) is 12.0. The number of pyridine rings is 1. The number of aryl methyl sites for hydroxylation is 1. The third kappa shape index (κ3) is 4.59. The van der Waals surface area contributed by atoms with E-state index in [-0.39, 0.29) is 31.2 Å². The number of anilines is 3. The summed E-state index contributed by atoms with van der Waals surface area (Å²) >= 11 is 0. The van der Waals surface area contributed by atoms with Gasteiger partial charge in [-0.2, -0.15) is 18.2 Å². The minimum absolute atomic E-state index is 0.00498. The lowest BCUT2D eigenvalue weighted by Gasteiger charge is -2.20. The van der Waals surface area contributed by atoms with Gasteiger partial charge in [-0.05, 0) is 56.1 Å². The summed E-state index contributed by atoms with van der Waals surface area (Å²) in [6.07, 6.45) is 1.59. The van der Waals surface area contributed by atoms with E-state index in [1.807, 2.05) is 6.92 Å². The Labute approximate surface area is 201 Å². The van der Waals surface area contributed by atoms with Crippen LogP contribution >= 0.6 is 0 Å². The van der Waals surface area contributed by atoms with Gasteiger partial charge >= 0.3 is 6.18 Å². The summed E-state index contributed by atoms with van der Waals surface area (Å²) in [5, 5.41) is 4.01. The highest BCUT2D eigenvalue weighted by Crippen LogP contribution is 2.39. The third-order valence-corrected chi connectivity index (χ3v) is 7.34. The molecule has 7 nitrogen and oxygen atoms in total. The zero-order valence-electron chi connectivity index (χ0n) is 19.6. The van der Waals surface area contributed by atoms with Crippen molar-refractivity contribution in [2.45, 2.75) is 44.8 Å². The van der Waals surface area contributed by atoms with E-state index < -0.39 is 18.0 Å². The lowest BCUT2D eigenvalue weighted by Crippen LogP contribution is -2.33. The van der Waals surface area contributed by atoms with Gasteiger partial charge in [0.15, 0.2) is 0 Å². The highest BCUT2D eigenvalue weighted by molar-refractivity contribution is 5.79. The van der Waals surface area contributed by atoms with Crippen molar-refractivity contribution in [2.75, 3.05) is 29.9 Å². The van der Waals surface area contributed by atoms with Gasteiger partial charge in [0.2, 0.25) is 5.95 Å². The van der Waals surface area contributed by atoms with Crippen LogP contribution in [0.25, 0.3) is 11.0 Å². The van der Waals surface area contributed by atoms with Crippen molar-refractivity contribution in [1.82, 2.24) is 14.5 Å². The highest BCUT2D eigenvalue weighted by atomic mass is 19.4. The maximum Gasteiger partial charge on any atom is 0.393 e. The molecule has 10 heteroatoms. The molecule has 3 N–H and O–H groups in total. The van der Waals surface area contributed by atoms with E-state index in [2.05, 4.69) is 15.3 Å². The standard InChI is InChI=1S/C25H29F3N6O/c1-15-10-22(35)34(19-4-2-3-5-19)23-20(15)12-30-24(32-23)31-17-6-8-18(9-7-17)33-13-16(11-29)21(14-33)25(26,27)28/h6-10,12,16,19,21H,2-5,11,13-14,29H2,1H3,(H,30,31,32). The Morgan fingerprint density at radius 1 is 1.14 bits per heavy atom. The van der Waals surface area contributed by atoms with Crippen LogP contribution in [-0.4, -0.2) is 40.3 Å². The molecule has 186 valence electrons. The Morgan fingerprint density at radius 3 is 2.49 bits per heavy atom. The minimum atomic E-state index is -4.26. The predicted octanol–water partition coefficient (Wildman–Crippen LogP) is 4.53. The molecule has 1 aliphatic carbocycles. The molecule has 1 aromatic carbocycles. The summed E-state index contributed by atoms with van der Waals surface area (Å²) in [5.74, 6) is -1.67. The smallest absolute Gasteiger partial charge is 0.371 e. The fourth-order valence-electron chi connectivity index (χ4n) is 5.42. The van der Waals surface area contributed by atoms with E-state index in [0.717, 1.165) is 36.6 Å². The molecule has 2 aromatic heterocycles. The van der Waals surface area contributed by atoms with Gasteiger partial charge in [-0.1, -0.05) is 12.8 Å². The fourth-order valence-corrected chi connectivity index (χ4v) is 5.42. The molecule has 0 spiro atoms. The van der Waals surface area contributed by atoms with Crippen LogP contribution in [0.3, 0.4) is 0 Å². The molecule has 0 radical (unpaired) electrons. The molecule has 2 atom stereocenters. The maximum atomic E-state index is 13.4. The molecule has 5 rings (SSSR count). The maximum absolute atomic E-state index is 13.4. The normalized spacial score (nSPS) is 21.2. The molecule has 0 bridgehead atoms. The molecule has 0 amide bonds. The van der Waals surface area contributed by atoms with Gasteiger partial charge in [0.05, 0.1) is 5.92 Å². The van der Waals surface area contributed by atoms with Crippen LogP contribution in [-0.2, 0) is 0 Å². The topological polar surface area (TPSA) is 89.1 Å². The highest BCUT2D eigenvalue weighted by Gasteiger charge is 2.49. The first-order valence-electron chi connectivity index (χ1n) is 12.0. The molecule has 1 aliphatic heterocycles. The first kappa shape index (κ1) is 23.6. The molecule has 35 heavy (non-hydrogen) atoms. The molecule has 3 heterocycles. The number of alkyl halides is 3. The van der Waals surface area contributed by atoms with Crippen LogP contribution in [0.4, 0.5) is 30.5 Å². The van der Waals surface area contributed by atoms with Gasteiger partial charge in [0, 0.05) is 54.1 Å². The average Bonchev–Trinajstić information content (AvgIpc) is 3.50. The molecule has 1 saturated heterocycles. The van der Waals surface area contributed by atoms with Gasteiger partial charge in [-0.15, -0.1) is 0 Å². The number of aromatic nitrogens is 3. The van der Waals surface area contributed by atoms with Crippen LogP contribution < -0.4 is 21.5 Å². The largest absolute Gasteiger partial charge is 0.393 e. The number of hydrogen-bond acceptors (Lipinski definition) is 6. The first-order chi connectivity index (χ1) is 16.7. The van der Waals surface area contributed by atoms with Crippen LogP contribution in [0.15, 0.2) is 41.3 Å². The van der Waals surface area contributed by atoms with Crippen LogP contribution in [0.1, 0.15) is 37.3 Å². The molecular formula is C25H29F3N6O. The lowest BCUT2D eigenvalue weighted by molar-refractivity contribution is -0.177. The zero-order valence-corrected chi connectivity index (χ0v) is 19.6. The molecule has 2 unspecified atom stereocenters. The molecule has 3 aromatic rings. The Morgan fingerprint density at radius 2 is 1.86 bits per heavy atom. The van der Waals surface area contributed by atoms with Crippen LogP contribution in [0.2, 0.25) is 0 Å². The number of halogens is 3. The van der Waals surface area contributed by atoms with Gasteiger partial charge in [-0.3, -0.25) is 9.36 Å². The minimum Gasteiger partial charge on any atom is -0.371 e. The van der Waals surface area contributed by atoms with Crippen molar-refractivity contribution in [3.63, 3.8) is 0 Å². The monoisotopic (exact) mass is 486 g/mol. The zero-order chi connectivity index (χ0) is 24.7. The number of hydrogen-bond donors (Lipinski definition) is 2. The van der Waals surface area contributed by atoms with Gasteiger partial charge in [0.1, 0.15) is 5.65 Å². The van der Waals surface area contributed by atoms with Crippen molar-refractivity contribution >= 4 is 28.4 Å². The third-order valence-electron chi connectivity index (χ3n) is 7.34. The Balaban J connectivity index is 1.38. The number of benzene rings is 1.